The first-order chi connectivity index (χ1) is 14.5. The number of carbonyl (C=O) groups is 3. The molecule has 0 aliphatic heterocycles. The number of fused-ring (bicyclic) bond motifs is 1. The number of hydrazine groups is 1. The monoisotopic (exact) mass is 441 g/mol. The molecule has 9 nitrogen and oxygen atoms in total. The predicted molar refractivity (Wildman–Crippen MR) is 119 cm³/mol. The number of benzene rings is 1. The quantitative estimate of drug-likeness (QED) is 0.539. The molecule has 162 valence electrons. The minimum Gasteiger partial charge on any atom is -0.317 e. The Bertz CT molecular complexity index is 1250. The molecule has 0 unspecified atom stereocenters. The van der Waals surface area contributed by atoms with Gasteiger partial charge in [0.1, 0.15) is 0 Å². The van der Waals surface area contributed by atoms with E-state index in [4.69, 9.17) is 0 Å². The second-order valence-electron chi connectivity index (χ2n) is 8.06. The van der Waals surface area contributed by atoms with Gasteiger partial charge >= 0.3 is 0 Å². The third-order valence-electron chi connectivity index (χ3n) is 4.50. The number of amides is 3. The van der Waals surface area contributed by atoms with Crippen molar-refractivity contribution in [2.24, 2.45) is 12.5 Å². The van der Waals surface area contributed by atoms with Gasteiger partial charge in [0, 0.05) is 17.8 Å². The zero-order valence-corrected chi connectivity index (χ0v) is 18.6. The van der Waals surface area contributed by atoms with Crippen molar-refractivity contribution in [3.63, 3.8) is 0 Å². The number of rotatable bonds is 3. The molecule has 31 heavy (non-hydrogen) atoms. The second-order valence-corrected chi connectivity index (χ2v) is 9.11. The fourth-order valence-corrected chi connectivity index (χ4v) is 3.73. The molecule has 0 saturated carbocycles. The Morgan fingerprint density at radius 2 is 1.65 bits per heavy atom. The number of nitrogens with one attached hydrogen (secondary N) is 3. The minimum atomic E-state index is -0.657. The third-order valence-corrected chi connectivity index (χ3v) is 5.65. The lowest BCUT2D eigenvalue weighted by Gasteiger charge is -2.16. The van der Waals surface area contributed by atoms with E-state index >= 15 is 0 Å². The molecule has 3 N–H and O–H groups in total. The van der Waals surface area contributed by atoms with E-state index in [9.17, 15) is 19.2 Å². The van der Waals surface area contributed by atoms with Gasteiger partial charge in [-0.05, 0) is 24.6 Å². The zero-order valence-electron chi connectivity index (χ0n) is 17.8. The van der Waals surface area contributed by atoms with Crippen molar-refractivity contribution in [2.75, 3.05) is 5.32 Å². The number of aryl methyl sites for hydroxylation is 2. The van der Waals surface area contributed by atoms with Gasteiger partial charge in [-0.3, -0.25) is 30.0 Å². The Morgan fingerprint density at radius 3 is 2.29 bits per heavy atom. The van der Waals surface area contributed by atoms with Gasteiger partial charge in [-0.25, -0.2) is 4.68 Å². The number of anilines is 1. The molecular weight excluding hydrogens is 418 g/mol. The Hall–Kier alpha value is -3.53. The van der Waals surface area contributed by atoms with E-state index < -0.39 is 17.2 Å². The van der Waals surface area contributed by atoms with Crippen LogP contribution in [0.1, 0.15) is 46.5 Å². The van der Waals surface area contributed by atoms with Crippen LogP contribution in [-0.4, -0.2) is 27.5 Å². The van der Waals surface area contributed by atoms with Crippen molar-refractivity contribution >= 4 is 44.8 Å². The van der Waals surface area contributed by atoms with Crippen LogP contribution in [0.3, 0.4) is 0 Å². The molecule has 0 radical (unpaired) electrons. The van der Waals surface area contributed by atoms with Crippen LogP contribution in [0.25, 0.3) is 10.8 Å². The average molecular weight is 442 g/mol. The first kappa shape index (κ1) is 22.2. The molecule has 3 rings (SSSR count). The Morgan fingerprint density at radius 1 is 1.03 bits per heavy atom. The van der Waals surface area contributed by atoms with Crippen LogP contribution in [0, 0.1) is 12.3 Å². The maximum absolute atomic E-state index is 12.6. The Kier molecular flexibility index (Phi) is 5.94. The fraction of sp³-hybridized carbons (Fsp3) is 0.286. The normalized spacial score (nSPS) is 11.3. The molecule has 0 spiro atoms. The highest BCUT2D eigenvalue weighted by molar-refractivity contribution is 7.18. The molecular formula is C21H23N5O4S. The van der Waals surface area contributed by atoms with Crippen LogP contribution in [0.2, 0.25) is 0 Å². The summed E-state index contributed by atoms with van der Waals surface area (Å²) in [5.74, 6) is -1.35. The third kappa shape index (κ3) is 4.64. The molecule has 0 saturated heterocycles. The molecule has 2 heterocycles. The molecule has 2 aromatic heterocycles. The highest BCUT2D eigenvalue weighted by atomic mass is 32.1. The van der Waals surface area contributed by atoms with Gasteiger partial charge < -0.3 is 5.32 Å². The summed E-state index contributed by atoms with van der Waals surface area (Å²) in [6, 6.07) is 8.32. The van der Waals surface area contributed by atoms with Gasteiger partial charge in [-0.2, -0.15) is 5.10 Å². The minimum absolute atomic E-state index is 0.0130. The van der Waals surface area contributed by atoms with E-state index in [-0.39, 0.29) is 17.2 Å². The molecule has 3 aromatic rings. The molecule has 0 atom stereocenters. The fourth-order valence-electron chi connectivity index (χ4n) is 2.77. The Balaban J connectivity index is 1.76. The highest BCUT2D eigenvalue weighted by Crippen LogP contribution is 2.28. The molecule has 0 aliphatic rings. The summed E-state index contributed by atoms with van der Waals surface area (Å²) >= 11 is 1.11. The van der Waals surface area contributed by atoms with Crippen LogP contribution >= 0.6 is 11.3 Å². The maximum Gasteiger partial charge on any atom is 0.290 e. The van der Waals surface area contributed by atoms with Crippen molar-refractivity contribution in [2.45, 2.75) is 27.7 Å². The Labute approximate surface area is 182 Å². The van der Waals surface area contributed by atoms with Crippen molar-refractivity contribution in [1.29, 1.82) is 0 Å². The van der Waals surface area contributed by atoms with Crippen LogP contribution in [0.5, 0.6) is 0 Å². The first-order valence-corrected chi connectivity index (χ1v) is 10.3. The second kappa shape index (κ2) is 8.31. The number of hydrogen-bond acceptors (Lipinski definition) is 6. The van der Waals surface area contributed by atoms with E-state index in [1.165, 1.54) is 7.05 Å². The van der Waals surface area contributed by atoms with E-state index in [2.05, 4.69) is 21.3 Å². The van der Waals surface area contributed by atoms with Crippen LogP contribution in [-0.2, 0) is 11.8 Å². The van der Waals surface area contributed by atoms with Gasteiger partial charge in [0.15, 0.2) is 5.69 Å². The number of hydrogen-bond donors (Lipinski definition) is 3. The van der Waals surface area contributed by atoms with Gasteiger partial charge in [-0.15, -0.1) is 11.3 Å². The zero-order chi connectivity index (χ0) is 22.9. The van der Waals surface area contributed by atoms with E-state index in [0.29, 0.717) is 26.2 Å². The molecule has 0 aliphatic carbocycles. The summed E-state index contributed by atoms with van der Waals surface area (Å²) in [6.45, 7) is 7.12. The lowest BCUT2D eigenvalue weighted by Crippen LogP contribution is -2.42. The summed E-state index contributed by atoms with van der Waals surface area (Å²) < 4.78 is 1.08. The smallest absolute Gasteiger partial charge is 0.290 e. The van der Waals surface area contributed by atoms with E-state index in [0.717, 1.165) is 16.0 Å². The van der Waals surface area contributed by atoms with Crippen molar-refractivity contribution in [1.82, 2.24) is 20.6 Å². The van der Waals surface area contributed by atoms with Gasteiger partial charge in [0.05, 0.1) is 15.3 Å². The van der Waals surface area contributed by atoms with Crippen LogP contribution in [0.4, 0.5) is 5.00 Å². The predicted octanol–water partition coefficient (Wildman–Crippen LogP) is 2.36. The summed E-state index contributed by atoms with van der Waals surface area (Å²) in [4.78, 5) is 49.9. The average Bonchev–Trinajstić information content (AvgIpc) is 3.08. The first-order valence-electron chi connectivity index (χ1n) is 9.47. The standard InChI is InChI=1S/C21H23N5O4S/c1-11-10-14(22-20(30)21(2,3)4)31-16(11)18(28)24-23-17(27)15-12-8-6-7-9-13(12)19(29)26(5)25-15/h6-10H,1-5H3,(H,22,30)(H,23,27)(H,24,28). The van der Waals surface area contributed by atoms with Gasteiger partial charge in [-0.1, -0.05) is 39.0 Å². The molecule has 1 aromatic carbocycles. The lowest BCUT2D eigenvalue weighted by molar-refractivity contribution is -0.123. The summed E-state index contributed by atoms with van der Waals surface area (Å²) in [5.41, 5.74) is 4.48. The molecule has 0 bridgehead atoms. The van der Waals surface area contributed by atoms with E-state index in [1.807, 2.05) is 0 Å². The summed E-state index contributed by atoms with van der Waals surface area (Å²) in [5, 5.41) is 8.09. The van der Waals surface area contributed by atoms with Crippen molar-refractivity contribution in [3.8, 4) is 0 Å². The molecule has 0 fully saturated rings. The number of thiophene rings is 1. The van der Waals surface area contributed by atoms with Crippen LogP contribution in [0.15, 0.2) is 35.1 Å². The molecule has 10 heteroatoms. The lowest BCUT2D eigenvalue weighted by atomic mass is 9.96. The van der Waals surface area contributed by atoms with Gasteiger partial charge in [0.2, 0.25) is 5.91 Å². The SMILES string of the molecule is Cc1cc(NC(=O)C(C)(C)C)sc1C(=O)NNC(=O)c1nn(C)c(=O)c2ccccc12. The van der Waals surface area contributed by atoms with Gasteiger partial charge in [0.25, 0.3) is 17.4 Å². The maximum atomic E-state index is 12.6. The number of carbonyl (C=O) groups excluding carboxylic acids is 3. The molecule has 3 amide bonds. The number of aromatic nitrogens is 2. The summed E-state index contributed by atoms with van der Waals surface area (Å²) in [7, 11) is 1.45. The van der Waals surface area contributed by atoms with Crippen molar-refractivity contribution < 1.29 is 14.4 Å². The van der Waals surface area contributed by atoms with Crippen LogP contribution < -0.4 is 21.7 Å². The summed E-state index contributed by atoms with van der Waals surface area (Å²) in [6.07, 6.45) is 0. The van der Waals surface area contributed by atoms with Crippen molar-refractivity contribution in [3.05, 3.63) is 56.8 Å². The highest BCUT2D eigenvalue weighted by Gasteiger charge is 2.23. The topological polar surface area (TPSA) is 122 Å². The van der Waals surface area contributed by atoms with E-state index in [1.54, 1.807) is 58.0 Å². The number of nitrogens with zero attached hydrogens (tertiary/aromatic N) is 2. The largest absolute Gasteiger partial charge is 0.317 e.